The van der Waals surface area contributed by atoms with E-state index in [1.807, 2.05) is 0 Å². The van der Waals surface area contributed by atoms with Crippen LogP contribution in [-0.2, 0) is 14.3 Å². The maximum Gasteiger partial charge on any atom is 0.306 e. The molecule has 0 aromatic carbocycles. The monoisotopic (exact) mass is 198 g/mol. The van der Waals surface area contributed by atoms with E-state index in [-0.39, 0.29) is 24.7 Å². The highest BCUT2D eigenvalue weighted by molar-refractivity contribution is 5.90. The van der Waals surface area contributed by atoms with Crippen LogP contribution in [0, 0.1) is 0 Å². The zero-order valence-electron chi connectivity index (χ0n) is 7.61. The van der Waals surface area contributed by atoms with Gasteiger partial charge in [0.1, 0.15) is 6.33 Å². The van der Waals surface area contributed by atoms with Gasteiger partial charge in [-0.2, -0.15) is 10.1 Å². The summed E-state index contributed by atoms with van der Waals surface area (Å²) in [6.07, 6.45) is 1.39. The minimum atomic E-state index is -0.419. The van der Waals surface area contributed by atoms with Crippen molar-refractivity contribution in [3.8, 4) is 0 Å². The van der Waals surface area contributed by atoms with Crippen LogP contribution in [0.1, 0.15) is 12.8 Å². The predicted molar refractivity (Wildman–Crippen MR) is 46.3 cm³/mol. The van der Waals surface area contributed by atoms with Crippen LogP contribution in [0.15, 0.2) is 6.33 Å². The summed E-state index contributed by atoms with van der Waals surface area (Å²) >= 11 is 0. The first-order chi connectivity index (χ1) is 6.72. The highest BCUT2D eigenvalue weighted by Crippen LogP contribution is 1.97. The van der Waals surface area contributed by atoms with Gasteiger partial charge in [0.15, 0.2) is 0 Å². The summed E-state index contributed by atoms with van der Waals surface area (Å²) in [7, 11) is 1.27. The van der Waals surface area contributed by atoms with Gasteiger partial charge in [-0.3, -0.25) is 14.9 Å². The van der Waals surface area contributed by atoms with Gasteiger partial charge in [0.05, 0.1) is 13.5 Å². The summed E-state index contributed by atoms with van der Waals surface area (Å²) in [5.41, 5.74) is 0. The highest BCUT2D eigenvalue weighted by atomic mass is 16.5. The van der Waals surface area contributed by atoms with E-state index in [2.05, 4.69) is 25.2 Å². The number of esters is 1. The van der Waals surface area contributed by atoms with Crippen LogP contribution in [0.4, 0.5) is 5.95 Å². The molecular weight excluding hydrogens is 188 g/mol. The second kappa shape index (κ2) is 4.95. The van der Waals surface area contributed by atoms with Crippen molar-refractivity contribution in [2.45, 2.75) is 12.8 Å². The number of H-pyrrole nitrogens is 1. The molecule has 0 aliphatic heterocycles. The molecule has 1 aromatic heterocycles. The fourth-order valence-corrected chi connectivity index (χ4v) is 0.778. The number of methoxy groups -OCH3 is 1. The molecular formula is C7H10N4O3. The van der Waals surface area contributed by atoms with Crippen LogP contribution in [0.5, 0.6) is 0 Å². The van der Waals surface area contributed by atoms with E-state index >= 15 is 0 Å². The normalized spacial score (nSPS) is 9.50. The Morgan fingerprint density at radius 1 is 1.57 bits per heavy atom. The summed E-state index contributed by atoms with van der Waals surface area (Å²) in [5, 5.41) is 8.43. The van der Waals surface area contributed by atoms with Gasteiger partial charge in [0.2, 0.25) is 11.9 Å². The van der Waals surface area contributed by atoms with E-state index in [0.717, 1.165) is 0 Å². The molecule has 0 unspecified atom stereocenters. The number of hydrogen-bond donors (Lipinski definition) is 2. The maximum atomic E-state index is 11.1. The maximum absolute atomic E-state index is 11.1. The van der Waals surface area contributed by atoms with E-state index in [1.165, 1.54) is 13.4 Å². The zero-order valence-corrected chi connectivity index (χ0v) is 7.61. The van der Waals surface area contributed by atoms with Crippen molar-refractivity contribution >= 4 is 17.8 Å². The molecule has 7 nitrogen and oxygen atoms in total. The van der Waals surface area contributed by atoms with Gasteiger partial charge in [0.25, 0.3) is 0 Å². The average Bonchev–Trinajstić information content (AvgIpc) is 2.66. The molecule has 0 atom stereocenters. The van der Waals surface area contributed by atoms with E-state index in [9.17, 15) is 9.59 Å². The number of carbonyl (C=O) groups is 2. The fourth-order valence-electron chi connectivity index (χ4n) is 0.778. The highest BCUT2D eigenvalue weighted by Gasteiger charge is 2.07. The van der Waals surface area contributed by atoms with Crippen molar-refractivity contribution in [3.63, 3.8) is 0 Å². The van der Waals surface area contributed by atoms with Crippen LogP contribution in [0.2, 0.25) is 0 Å². The first-order valence-corrected chi connectivity index (χ1v) is 3.94. The van der Waals surface area contributed by atoms with Gasteiger partial charge in [-0.25, -0.2) is 5.10 Å². The van der Waals surface area contributed by atoms with Crippen molar-refractivity contribution in [2.24, 2.45) is 0 Å². The molecule has 7 heteroatoms. The number of hydrogen-bond acceptors (Lipinski definition) is 5. The number of nitrogens with one attached hydrogen (secondary N) is 2. The number of aromatic nitrogens is 3. The summed E-state index contributed by atoms with van der Waals surface area (Å²) in [5.74, 6) is -0.468. The van der Waals surface area contributed by atoms with Crippen LogP contribution >= 0.6 is 0 Å². The minimum Gasteiger partial charge on any atom is -0.469 e. The second-order valence-electron chi connectivity index (χ2n) is 2.46. The average molecular weight is 198 g/mol. The number of carbonyl (C=O) groups excluding carboxylic acids is 2. The molecule has 1 amide bonds. The van der Waals surface area contributed by atoms with Crippen molar-refractivity contribution in [2.75, 3.05) is 12.4 Å². The summed E-state index contributed by atoms with van der Waals surface area (Å²) in [6.45, 7) is 0. The van der Waals surface area contributed by atoms with Crippen molar-refractivity contribution < 1.29 is 14.3 Å². The minimum absolute atomic E-state index is 0.0521. The largest absolute Gasteiger partial charge is 0.469 e. The molecule has 1 heterocycles. The number of anilines is 1. The molecule has 0 radical (unpaired) electrons. The SMILES string of the molecule is COC(=O)CCC(=O)Nc1ncn[nH]1. The molecule has 0 aliphatic carbocycles. The molecule has 0 bridgehead atoms. The van der Waals surface area contributed by atoms with Crippen LogP contribution in [-0.4, -0.2) is 34.2 Å². The Balaban J connectivity index is 2.26. The lowest BCUT2D eigenvalue weighted by Gasteiger charge is -1.99. The molecule has 0 saturated heterocycles. The Kier molecular flexibility index (Phi) is 3.59. The molecule has 0 aliphatic rings. The fraction of sp³-hybridized carbons (Fsp3) is 0.429. The lowest BCUT2D eigenvalue weighted by Crippen LogP contribution is -2.14. The number of ether oxygens (including phenoxy) is 1. The lowest BCUT2D eigenvalue weighted by molar-refractivity contribution is -0.141. The number of rotatable bonds is 4. The van der Waals surface area contributed by atoms with Gasteiger partial charge in [-0.05, 0) is 0 Å². The Hall–Kier alpha value is -1.92. The molecule has 2 N–H and O–H groups in total. The molecule has 0 fully saturated rings. The molecule has 76 valence electrons. The topological polar surface area (TPSA) is 97.0 Å². The lowest BCUT2D eigenvalue weighted by atomic mass is 10.3. The van der Waals surface area contributed by atoms with Crippen molar-refractivity contribution in [1.82, 2.24) is 15.2 Å². The van der Waals surface area contributed by atoms with E-state index in [0.29, 0.717) is 0 Å². The Morgan fingerprint density at radius 3 is 2.93 bits per heavy atom. The summed E-state index contributed by atoms with van der Waals surface area (Å²) in [4.78, 5) is 25.5. The Bertz CT molecular complexity index is 309. The van der Waals surface area contributed by atoms with Gasteiger partial charge in [-0.15, -0.1) is 0 Å². The van der Waals surface area contributed by atoms with Crippen molar-refractivity contribution in [1.29, 1.82) is 0 Å². The van der Waals surface area contributed by atoms with E-state index in [4.69, 9.17) is 0 Å². The van der Waals surface area contributed by atoms with Gasteiger partial charge >= 0.3 is 5.97 Å². The van der Waals surface area contributed by atoms with Crippen molar-refractivity contribution in [3.05, 3.63) is 6.33 Å². The van der Waals surface area contributed by atoms with Crippen LogP contribution in [0.3, 0.4) is 0 Å². The third-order valence-electron chi connectivity index (χ3n) is 1.46. The van der Waals surface area contributed by atoms with Gasteiger partial charge in [-0.1, -0.05) is 0 Å². The summed E-state index contributed by atoms with van der Waals surface area (Å²) in [6, 6.07) is 0. The molecule has 14 heavy (non-hydrogen) atoms. The Labute approximate surface area is 79.9 Å². The van der Waals surface area contributed by atoms with Gasteiger partial charge < -0.3 is 4.74 Å². The van der Waals surface area contributed by atoms with Gasteiger partial charge in [0, 0.05) is 6.42 Å². The first kappa shape index (κ1) is 10.2. The quantitative estimate of drug-likeness (QED) is 0.647. The molecule has 0 spiro atoms. The third-order valence-corrected chi connectivity index (χ3v) is 1.46. The van der Waals surface area contributed by atoms with E-state index in [1.54, 1.807) is 0 Å². The predicted octanol–water partition coefficient (Wildman–Crippen LogP) is -0.304. The standard InChI is InChI=1S/C7H10N4O3/c1-14-6(13)3-2-5(12)10-7-8-4-9-11-7/h4H,2-3H2,1H3,(H2,8,9,10,11,12). The Morgan fingerprint density at radius 2 is 2.36 bits per heavy atom. The second-order valence-corrected chi connectivity index (χ2v) is 2.46. The van der Waals surface area contributed by atoms with Crippen LogP contribution < -0.4 is 5.32 Å². The molecule has 0 saturated carbocycles. The number of aromatic amines is 1. The van der Waals surface area contributed by atoms with E-state index < -0.39 is 5.97 Å². The smallest absolute Gasteiger partial charge is 0.306 e. The van der Waals surface area contributed by atoms with Crippen LogP contribution in [0.25, 0.3) is 0 Å². The number of amides is 1. The molecule has 1 rings (SSSR count). The first-order valence-electron chi connectivity index (χ1n) is 3.94. The summed E-state index contributed by atoms with van der Waals surface area (Å²) < 4.78 is 4.38. The zero-order chi connectivity index (χ0) is 10.4. The number of nitrogens with zero attached hydrogens (tertiary/aromatic N) is 2. The third kappa shape index (κ3) is 3.21. The molecule has 1 aromatic rings.